The summed E-state index contributed by atoms with van der Waals surface area (Å²) in [5, 5.41) is 9.42. The number of carbonyl (C=O) groups excluding carboxylic acids is 1. The number of hydrogen-bond donors (Lipinski definition) is 1. The molecular formula is C22H25NO5. The summed E-state index contributed by atoms with van der Waals surface area (Å²) < 4.78 is 17.2. The lowest BCUT2D eigenvalue weighted by Crippen LogP contribution is -2.35. The van der Waals surface area contributed by atoms with Gasteiger partial charge in [-0.2, -0.15) is 0 Å². The molecule has 0 spiro atoms. The molecule has 2 aliphatic heterocycles. The number of carbonyl (C=O) groups is 1. The van der Waals surface area contributed by atoms with Crippen LogP contribution in [0.3, 0.4) is 0 Å². The number of nitrogens with zero attached hydrogens (tertiary/aromatic N) is 1. The Morgan fingerprint density at radius 1 is 1.21 bits per heavy atom. The maximum atomic E-state index is 12.4. The van der Waals surface area contributed by atoms with Crippen LogP contribution in [0.1, 0.15) is 43.6 Å². The third-order valence-electron chi connectivity index (χ3n) is 5.23. The van der Waals surface area contributed by atoms with E-state index in [-0.39, 0.29) is 24.0 Å². The summed E-state index contributed by atoms with van der Waals surface area (Å²) in [4.78, 5) is 14.2. The fraction of sp³-hybridized carbons (Fsp3) is 0.409. The number of benzene rings is 2. The van der Waals surface area contributed by atoms with Crippen LogP contribution in [0.15, 0.2) is 42.5 Å². The van der Waals surface area contributed by atoms with E-state index in [9.17, 15) is 9.90 Å². The Bertz CT molecular complexity index is 877. The summed E-state index contributed by atoms with van der Waals surface area (Å²) in [6.07, 6.45) is 0.0842. The van der Waals surface area contributed by atoms with Gasteiger partial charge in [-0.15, -0.1) is 0 Å². The highest BCUT2D eigenvalue weighted by Gasteiger charge is 2.36. The molecule has 0 aliphatic carbocycles. The van der Waals surface area contributed by atoms with E-state index in [1.807, 2.05) is 51.1 Å². The lowest BCUT2D eigenvalue weighted by Gasteiger charge is -2.32. The lowest BCUT2D eigenvalue weighted by atomic mass is 10.0. The SMILES string of the molecule is C[C@@H](Cc1ccc(O)cc1)N1C[C@@H](c2ccc3c(c2)COC(C)(C)O3)OC1=O. The molecule has 2 atom stereocenters. The van der Waals surface area contributed by atoms with Gasteiger partial charge in [-0.1, -0.05) is 18.2 Å². The van der Waals surface area contributed by atoms with E-state index in [1.165, 1.54) is 0 Å². The predicted molar refractivity (Wildman–Crippen MR) is 103 cm³/mol. The van der Waals surface area contributed by atoms with Crippen LogP contribution in [-0.4, -0.2) is 34.5 Å². The minimum atomic E-state index is -0.630. The molecule has 0 saturated carbocycles. The number of amides is 1. The van der Waals surface area contributed by atoms with Crippen LogP contribution < -0.4 is 4.74 Å². The van der Waals surface area contributed by atoms with Crippen LogP contribution in [0.25, 0.3) is 0 Å². The van der Waals surface area contributed by atoms with Crippen molar-refractivity contribution in [2.24, 2.45) is 0 Å². The number of fused-ring (bicyclic) bond motifs is 1. The summed E-state index contributed by atoms with van der Waals surface area (Å²) in [6.45, 7) is 6.75. The predicted octanol–water partition coefficient (Wildman–Crippen LogP) is 4.16. The number of phenols is 1. The van der Waals surface area contributed by atoms with Gasteiger partial charge in [0.05, 0.1) is 13.2 Å². The number of ether oxygens (including phenoxy) is 3. The molecule has 4 rings (SSSR count). The standard InChI is InChI=1S/C22H25NO5/c1-14(10-15-4-7-18(24)8-5-15)23-12-20(27-21(23)25)16-6-9-19-17(11-16)13-26-22(2,3)28-19/h4-9,11,14,20,24H,10,12-13H2,1-3H3/t14-,20-/m0/s1. The molecule has 28 heavy (non-hydrogen) atoms. The molecule has 0 unspecified atom stereocenters. The van der Waals surface area contributed by atoms with Crippen molar-refractivity contribution in [1.29, 1.82) is 0 Å². The summed E-state index contributed by atoms with van der Waals surface area (Å²) >= 11 is 0. The number of rotatable bonds is 4. The van der Waals surface area contributed by atoms with Gasteiger partial charge in [-0.3, -0.25) is 0 Å². The highest BCUT2D eigenvalue weighted by atomic mass is 16.7. The van der Waals surface area contributed by atoms with E-state index in [0.29, 0.717) is 19.6 Å². The molecule has 1 amide bonds. The van der Waals surface area contributed by atoms with Gasteiger partial charge in [0.2, 0.25) is 5.79 Å². The van der Waals surface area contributed by atoms with Gasteiger partial charge in [0, 0.05) is 25.5 Å². The first kappa shape index (κ1) is 18.6. The van der Waals surface area contributed by atoms with Gasteiger partial charge < -0.3 is 24.2 Å². The Balaban J connectivity index is 1.45. The molecule has 1 fully saturated rings. The second kappa shape index (κ2) is 7.02. The first-order chi connectivity index (χ1) is 13.3. The van der Waals surface area contributed by atoms with Crippen molar-refractivity contribution in [3.05, 3.63) is 59.2 Å². The van der Waals surface area contributed by atoms with Crippen LogP contribution >= 0.6 is 0 Å². The second-order valence-corrected chi connectivity index (χ2v) is 7.90. The smallest absolute Gasteiger partial charge is 0.410 e. The molecule has 6 heteroatoms. The molecule has 0 radical (unpaired) electrons. The molecule has 6 nitrogen and oxygen atoms in total. The first-order valence-electron chi connectivity index (χ1n) is 9.52. The van der Waals surface area contributed by atoms with E-state index in [1.54, 1.807) is 17.0 Å². The average Bonchev–Trinajstić information content (AvgIpc) is 3.04. The van der Waals surface area contributed by atoms with Crippen LogP contribution in [0.2, 0.25) is 0 Å². The van der Waals surface area contributed by atoms with Crippen LogP contribution in [-0.2, 0) is 22.5 Å². The maximum Gasteiger partial charge on any atom is 0.410 e. The Morgan fingerprint density at radius 3 is 2.71 bits per heavy atom. The topological polar surface area (TPSA) is 68.2 Å². The quantitative estimate of drug-likeness (QED) is 0.859. The average molecular weight is 383 g/mol. The zero-order valence-electron chi connectivity index (χ0n) is 16.3. The molecular weight excluding hydrogens is 358 g/mol. The summed E-state index contributed by atoms with van der Waals surface area (Å²) in [5.74, 6) is 0.414. The Kier molecular flexibility index (Phi) is 4.67. The molecule has 2 aliphatic rings. The van der Waals surface area contributed by atoms with E-state index >= 15 is 0 Å². The summed E-state index contributed by atoms with van der Waals surface area (Å²) in [7, 11) is 0. The number of hydrogen-bond acceptors (Lipinski definition) is 5. The molecule has 148 valence electrons. The fourth-order valence-corrected chi connectivity index (χ4v) is 3.65. The number of cyclic esters (lactones) is 1. The third-order valence-corrected chi connectivity index (χ3v) is 5.23. The van der Waals surface area contributed by atoms with Crippen LogP contribution in [0.5, 0.6) is 11.5 Å². The zero-order chi connectivity index (χ0) is 19.9. The fourth-order valence-electron chi connectivity index (χ4n) is 3.65. The number of phenolic OH excluding ortho intramolecular Hbond substituents is 1. The molecule has 0 aromatic heterocycles. The van der Waals surface area contributed by atoms with Gasteiger partial charge in [0.25, 0.3) is 0 Å². The van der Waals surface area contributed by atoms with Crippen molar-refractivity contribution in [3.8, 4) is 11.5 Å². The highest BCUT2D eigenvalue weighted by Crippen LogP contribution is 2.35. The highest BCUT2D eigenvalue weighted by molar-refractivity contribution is 5.70. The normalized spacial score (nSPS) is 21.6. The van der Waals surface area contributed by atoms with Gasteiger partial charge >= 0.3 is 6.09 Å². The largest absolute Gasteiger partial charge is 0.508 e. The molecule has 1 saturated heterocycles. The maximum absolute atomic E-state index is 12.4. The molecule has 2 aromatic carbocycles. The van der Waals surface area contributed by atoms with E-state index in [2.05, 4.69) is 0 Å². The van der Waals surface area contributed by atoms with Gasteiger partial charge in [0.1, 0.15) is 17.6 Å². The third kappa shape index (κ3) is 3.78. The van der Waals surface area contributed by atoms with Gasteiger partial charge in [-0.05, 0) is 48.7 Å². The Hall–Kier alpha value is -2.73. The van der Waals surface area contributed by atoms with Crippen molar-refractivity contribution < 1.29 is 24.1 Å². The first-order valence-corrected chi connectivity index (χ1v) is 9.52. The second-order valence-electron chi connectivity index (χ2n) is 7.90. The van der Waals surface area contributed by atoms with E-state index in [0.717, 1.165) is 22.4 Å². The summed E-state index contributed by atoms with van der Waals surface area (Å²) in [6, 6.07) is 12.9. The minimum absolute atomic E-state index is 0.00728. The van der Waals surface area contributed by atoms with E-state index < -0.39 is 5.79 Å². The van der Waals surface area contributed by atoms with Crippen LogP contribution in [0, 0.1) is 0 Å². The Morgan fingerprint density at radius 2 is 1.96 bits per heavy atom. The van der Waals surface area contributed by atoms with Crippen molar-refractivity contribution in [2.75, 3.05) is 6.54 Å². The minimum Gasteiger partial charge on any atom is -0.508 e. The number of aromatic hydroxyl groups is 1. The van der Waals surface area contributed by atoms with Gasteiger partial charge in [0.15, 0.2) is 0 Å². The van der Waals surface area contributed by atoms with Crippen molar-refractivity contribution in [1.82, 2.24) is 4.90 Å². The molecule has 1 N–H and O–H groups in total. The molecule has 0 bridgehead atoms. The molecule has 2 heterocycles. The zero-order valence-corrected chi connectivity index (χ0v) is 16.3. The van der Waals surface area contributed by atoms with Crippen molar-refractivity contribution >= 4 is 6.09 Å². The van der Waals surface area contributed by atoms with Crippen molar-refractivity contribution in [2.45, 2.75) is 51.7 Å². The monoisotopic (exact) mass is 383 g/mol. The lowest BCUT2D eigenvalue weighted by molar-refractivity contribution is -0.180. The van der Waals surface area contributed by atoms with Crippen molar-refractivity contribution in [3.63, 3.8) is 0 Å². The van der Waals surface area contributed by atoms with E-state index in [4.69, 9.17) is 14.2 Å². The Labute approximate surface area is 164 Å². The van der Waals surface area contributed by atoms with Gasteiger partial charge in [-0.25, -0.2) is 4.79 Å². The van der Waals surface area contributed by atoms with Crippen LogP contribution in [0.4, 0.5) is 4.79 Å². The summed E-state index contributed by atoms with van der Waals surface area (Å²) in [5.41, 5.74) is 2.97. The molecule has 2 aromatic rings.